The highest BCUT2D eigenvalue weighted by atomic mass is 16.6. The van der Waals surface area contributed by atoms with Gasteiger partial charge in [0.15, 0.2) is 23.2 Å². The minimum Gasteiger partial charge on any atom is -0.387 e. The summed E-state index contributed by atoms with van der Waals surface area (Å²) in [5, 5.41) is 32.7. The molecule has 0 spiro atoms. The number of nitrogens with one attached hydrogen (secondary N) is 2. The molecule has 12 nitrogen and oxygen atoms in total. The molecule has 2 fully saturated rings. The Kier molecular flexibility index (Phi) is 8.42. The molecule has 38 heavy (non-hydrogen) atoms. The molecule has 0 saturated carbocycles. The molecule has 12 heteroatoms. The number of piperidine rings is 1. The molecule has 2 aliphatic heterocycles. The summed E-state index contributed by atoms with van der Waals surface area (Å²) in [4.78, 5) is 16.6. The van der Waals surface area contributed by atoms with Gasteiger partial charge in [-0.15, -0.1) is 0 Å². The fraction of sp³-hybridized carbons (Fsp3) is 0.692. The van der Waals surface area contributed by atoms with Crippen LogP contribution in [0.5, 0.6) is 0 Å². The molecule has 3 aromatic heterocycles. The van der Waals surface area contributed by atoms with Gasteiger partial charge in [-0.3, -0.25) is 4.57 Å². The average Bonchev–Trinajstić information content (AvgIpc) is 3.66. The van der Waals surface area contributed by atoms with Crippen LogP contribution in [-0.4, -0.2) is 84.2 Å². The number of likely N-dealkylation sites (tertiary alicyclic amines) is 1. The van der Waals surface area contributed by atoms with Crippen molar-refractivity contribution in [2.45, 2.75) is 89.9 Å². The quantitative estimate of drug-likeness (QED) is 0.291. The smallest absolute Gasteiger partial charge is 0.226 e. The maximum atomic E-state index is 11.0. The van der Waals surface area contributed by atoms with Crippen molar-refractivity contribution in [1.82, 2.24) is 29.6 Å². The number of aliphatic hydroxyl groups excluding tert-OH is 2. The van der Waals surface area contributed by atoms with E-state index in [2.05, 4.69) is 39.5 Å². The van der Waals surface area contributed by atoms with Gasteiger partial charge < -0.3 is 35.0 Å². The van der Waals surface area contributed by atoms with Crippen LogP contribution in [0.2, 0.25) is 0 Å². The third-order valence-electron chi connectivity index (χ3n) is 7.64. The van der Waals surface area contributed by atoms with Crippen molar-refractivity contribution in [3.05, 3.63) is 23.8 Å². The Morgan fingerprint density at radius 1 is 1.08 bits per heavy atom. The van der Waals surface area contributed by atoms with E-state index >= 15 is 0 Å². The Bertz CT molecular complexity index is 1190. The molecule has 0 bridgehead atoms. The van der Waals surface area contributed by atoms with Crippen molar-refractivity contribution in [3.8, 4) is 0 Å². The Morgan fingerprint density at radius 2 is 1.87 bits per heavy atom. The monoisotopic (exact) mass is 528 g/mol. The number of aryl methyl sites for hydroxylation is 1. The zero-order valence-corrected chi connectivity index (χ0v) is 22.5. The molecule has 2 saturated heterocycles. The highest BCUT2D eigenvalue weighted by Gasteiger charge is 2.46. The minimum absolute atomic E-state index is 0.235. The van der Waals surface area contributed by atoms with E-state index in [4.69, 9.17) is 19.2 Å². The van der Waals surface area contributed by atoms with Gasteiger partial charge in [0, 0.05) is 31.6 Å². The van der Waals surface area contributed by atoms with Gasteiger partial charge in [-0.25, -0.2) is 4.98 Å². The summed E-state index contributed by atoms with van der Waals surface area (Å²) < 4.78 is 13.1. The van der Waals surface area contributed by atoms with E-state index < -0.39 is 24.5 Å². The van der Waals surface area contributed by atoms with E-state index in [0.29, 0.717) is 40.8 Å². The van der Waals surface area contributed by atoms with Crippen molar-refractivity contribution in [2.75, 3.05) is 36.8 Å². The number of aliphatic hydroxyl groups is 2. The van der Waals surface area contributed by atoms with Gasteiger partial charge in [0.1, 0.15) is 29.8 Å². The molecule has 5 heterocycles. The SMILES string of the molecule is CCc1cc([C@H]2O[C@@H](n3cnc4c(NC(CC)CC)nc(NCCN5CCCCC5)nc43)[C@H](O)[C@@H]2O)no1. The first-order valence-electron chi connectivity index (χ1n) is 14.0. The largest absolute Gasteiger partial charge is 0.387 e. The van der Waals surface area contributed by atoms with Crippen molar-refractivity contribution < 1.29 is 19.5 Å². The third kappa shape index (κ3) is 5.49. The first kappa shape index (κ1) is 26.8. The van der Waals surface area contributed by atoms with Gasteiger partial charge in [0.25, 0.3) is 0 Å². The van der Waals surface area contributed by atoms with Crippen molar-refractivity contribution in [3.63, 3.8) is 0 Å². The zero-order chi connectivity index (χ0) is 26.6. The summed E-state index contributed by atoms with van der Waals surface area (Å²) in [5.74, 6) is 1.81. The topological polar surface area (TPSA) is 147 Å². The predicted molar refractivity (Wildman–Crippen MR) is 143 cm³/mol. The van der Waals surface area contributed by atoms with Crippen molar-refractivity contribution in [1.29, 1.82) is 0 Å². The van der Waals surface area contributed by atoms with Gasteiger partial charge in [0.05, 0.1) is 6.33 Å². The summed E-state index contributed by atoms with van der Waals surface area (Å²) in [6, 6.07) is 1.98. The van der Waals surface area contributed by atoms with E-state index in [1.165, 1.54) is 19.3 Å². The molecule has 5 rings (SSSR count). The molecule has 3 aromatic rings. The zero-order valence-electron chi connectivity index (χ0n) is 22.5. The summed E-state index contributed by atoms with van der Waals surface area (Å²) >= 11 is 0. The van der Waals surface area contributed by atoms with Crippen LogP contribution in [0.25, 0.3) is 11.2 Å². The Morgan fingerprint density at radius 3 is 2.58 bits per heavy atom. The molecule has 0 unspecified atom stereocenters. The lowest BCUT2D eigenvalue weighted by Gasteiger charge is -2.26. The van der Waals surface area contributed by atoms with E-state index in [0.717, 1.165) is 39.0 Å². The highest BCUT2D eigenvalue weighted by Crippen LogP contribution is 2.40. The first-order valence-corrected chi connectivity index (χ1v) is 14.0. The number of aromatic nitrogens is 5. The number of hydrogen-bond donors (Lipinski definition) is 4. The molecule has 0 aromatic carbocycles. The van der Waals surface area contributed by atoms with Crippen LogP contribution in [0.1, 0.15) is 76.7 Å². The van der Waals surface area contributed by atoms with Gasteiger partial charge in [-0.1, -0.05) is 32.3 Å². The molecule has 2 aliphatic rings. The standard InChI is InChI=1S/C26H40N8O4/c1-4-16(5-2)29-23-19-24(31-26(30-23)27-10-13-33-11-8-7-9-12-33)34(15-28-19)25-21(36)20(35)22(37-25)18-14-17(6-3)38-32-18/h14-16,20-22,25,35-36H,4-13H2,1-3H3,(H2,27,29,30,31)/t20-,21+,22+,25+/m0/s1. The second-order valence-corrected chi connectivity index (χ2v) is 10.2. The number of ether oxygens (including phenoxy) is 1. The van der Waals surface area contributed by atoms with Gasteiger partial charge in [-0.05, 0) is 38.8 Å². The predicted octanol–water partition coefficient (Wildman–Crippen LogP) is 2.87. The lowest BCUT2D eigenvalue weighted by Crippen LogP contribution is -2.34. The van der Waals surface area contributed by atoms with Crippen LogP contribution in [-0.2, 0) is 11.2 Å². The number of imidazole rings is 1. The number of anilines is 2. The average molecular weight is 529 g/mol. The van der Waals surface area contributed by atoms with Crippen LogP contribution in [0.3, 0.4) is 0 Å². The van der Waals surface area contributed by atoms with Gasteiger partial charge in [0.2, 0.25) is 5.95 Å². The Balaban J connectivity index is 1.42. The number of rotatable bonds is 11. The molecule has 0 radical (unpaired) electrons. The van der Waals surface area contributed by atoms with Crippen LogP contribution in [0.15, 0.2) is 16.9 Å². The molecular formula is C26H40N8O4. The maximum Gasteiger partial charge on any atom is 0.226 e. The summed E-state index contributed by atoms with van der Waals surface area (Å²) in [6.45, 7) is 10.1. The van der Waals surface area contributed by atoms with E-state index in [-0.39, 0.29) is 6.04 Å². The van der Waals surface area contributed by atoms with Crippen LogP contribution in [0.4, 0.5) is 11.8 Å². The molecule has 0 amide bonds. The van der Waals surface area contributed by atoms with Gasteiger partial charge in [-0.2, -0.15) is 9.97 Å². The highest BCUT2D eigenvalue weighted by molar-refractivity contribution is 5.84. The van der Waals surface area contributed by atoms with E-state index in [1.807, 2.05) is 6.92 Å². The summed E-state index contributed by atoms with van der Waals surface area (Å²) in [6.07, 6.45) is 3.81. The first-order chi connectivity index (χ1) is 18.5. The molecule has 4 atom stereocenters. The lowest BCUT2D eigenvalue weighted by molar-refractivity contribution is -0.0377. The number of nitrogens with zero attached hydrogens (tertiary/aromatic N) is 6. The van der Waals surface area contributed by atoms with Crippen LogP contribution >= 0.6 is 0 Å². The maximum absolute atomic E-state index is 11.0. The third-order valence-corrected chi connectivity index (χ3v) is 7.64. The Labute approximate surface area is 222 Å². The van der Waals surface area contributed by atoms with Crippen LogP contribution in [0, 0.1) is 0 Å². The molecular weight excluding hydrogens is 488 g/mol. The fourth-order valence-electron chi connectivity index (χ4n) is 5.24. The fourth-order valence-corrected chi connectivity index (χ4v) is 5.24. The Hall–Kier alpha value is -2.80. The number of fused-ring (bicyclic) bond motifs is 1. The molecule has 208 valence electrons. The minimum atomic E-state index is -1.21. The van der Waals surface area contributed by atoms with Crippen LogP contribution < -0.4 is 10.6 Å². The second-order valence-electron chi connectivity index (χ2n) is 10.2. The van der Waals surface area contributed by atoms with E-state index in [1.54, 1.807) is 17.0 Å². The lowest BCUT2D eigenvalue weighted by atomic mass is 10.1. The number of hydrogen-bond acceptors (Lipinski definition) is 11. The normalized spacial score (nSPS) is 24.5. The van der Waals surface area contributed by atoms with Gasteiger partial charge >= 0.3 is 0 Å². The van der Waals surface area contributed by atoms with Crippen molar-refractivity contribution >= 4 is 22.9 Å². The summed E-state index contributed by atoms with van der Waals surface area (Å²) in [7, 11) is 0. The van der Waals surface area contributed by atoms with Crippen molar-refractivity contribution in [2.24, 2.45) is 0 Å². The molecule has 0 aliphatic carbocycles. The van der Waals surface area contributed by atoms with E-state index in [9.17, 15) is 10.2 Å². The molecule has 4 N–H and O–H groups in total. The summed E-state index contributed by atoms with van der Waals surface area (Å²) in [5.41, 5.74) is 1.55. The second kappa shape index (κ2) is 11.9.